The summed E-state index contributed by atoms with van der Waals surface area (Å²) in [7, 11) is 0. The summed E-state index contributed by atoms with van der Waals surface area (Å²) in [6.07, 6.45) is 3.47. The van der Waals surface area contributed by atoms with Crippen LogP contribution in [0.15, 0.2) is 24.3 Å². The molecule has 0 radical (unpaired) electrons. The van der Waals surface area contributed by atoms with Crippen LogP contribution in [0, 0.1) is 35.4 Å². The van der Waals surface area contributed by atoms with Crippen molar-refractivity contribution in [2.24, 2.45) is 29.6 Å². The zero-order valence-corrected chi connectivity index (χ0v) is 11.8. The van der Waals surface area contributed by atoms with Crippen molar-refractivity contribution in [1.29, 1.82) is 0 Å². The van der Waals surface area contributed by atoms with Gasteiger partial charge in [0.05, 0.1) is 5.92 Å². The van der Waals surface area contributed by atoms with Crippen LogP contribution in [0.2, 0.25) is 0 Å². The van der Waals surface area contributed by atoms with E-state index in [0.717, 1.165) is 24.3 Å². The fourth-order valence-electron chi connectivity index (χ4n) is 4.91. The number of hydrogen-bond donors (Lipinski definition) is 2. The van der Waals surface area contributed by atoms with Gasteiger partial charge in [-0.05, 0) is 60.6 Å². The summed E-state index contributed by atoms with van der Waals surface area (Å²) in [5.41, 5.74) is 1.01. The largest absolute Gasteiger partial charge is 0.481 e. The van der Waals surface area contributed by atoms with Crippen LogP contribution in [0.4, 0.5) is 4.39 Å². The summed E-state index contributed by atoms with van der Waals surface area (Å²) in [6, 6.07) is 6.51. The number of carboxylic acids is 1. The van der Waals surface area contributed by atoms with Crippen LogP contribution >= 0.6 is 0 Å². The third kappa shape index (κ3) is 2.16. The zero-order chi connectivity index (χ0) is 14.6. The van der Waals surface area contributed by atoms with Crippen molar-refractivity contribution in [2.45, 2.75) is 31.8 Å². The van der Waals surface area contributed by atoms with Gasteiger partial charge in [0.15, 0.2) is 0 Å². The lowest BCUT2D eigenvalue weighted by Gasteiger charge is -2.46. The SMILES string of the molecule is O=C(O)[C@H]1C2CCC(C3CC32)[C@H]1NCc1ccc(F)cc1. The van der Waals surface area contributed by atoms with Gasteiger partial charge in [-0.15, -0.1) is 0 Å². The van der Waals surface area contributed by atoms with Crippen molar-refractivity contribution in [1.82, 2.24) is 5.32 Å². The number of benzene rings is 1. The molecule has 112 valence electrons. The van der Waals surface area contributed by atoms with Crippen LogP contribution < -0.4 is 5.32 Å². The lowest BCUT2D eigenvalue weighted by Crippen LogP contribution is -2.55. The molecule has 0 amide bonds. The fourth-order valence-corrected chi connectivity index (χ4v) is 4.91. The Morgan fingerprint density at radius 2 is 1.81 bits per heavy atom. The first kappa shape index (κ1) is 13.3. The molecule has 4 aliphatic carbocycles. The normalized spacial score (nSPS) is 39.9. The molecule has 21 heavy (non-hydrogen) atoms. The average Bonchev–Trinajstić information content (AvgIpc) is 3.28. The van der Waals surface area contributed by atoms with Gasteiger partial charge in [-0.2, -0.15) is 0 Å². The van der Waals surface area contributed by atoms with E-state index in [1.54, 1.807) is 12.1 Å². The van der Waals surface area contributed by atoms with E-state index in [1.807, 2.05) is 0 Å². The molecule has 4 fully saturated rings. The molecular formula is C17H20FNO2. The molecule has 4 aliphatic rings. The van der Waals surface area contributed by atoms with E-state index in [-0.39, 0.29) is 17.8 Å². The Labute approximate surface area is 123 Å². The van der Waals surface area contributed by atoms with Crippen molar-refractivity contribution in [3.8, 4) is 0 Å². The molecule has 6 atom stereocenters. The number of aliphatic carboxylic acids is 1. The van der Waals surface area contributed by atoms with Crippen molar-refractivity contribution in [2.75, 3.05) is 0 Å². The second-order valence-electron chi connectivity index (χ2n) is 6.87. The summed E-state index contributed by atoms with van der Waals surface area (Å²) < 4.78 is 12.9. The first-order chi connectivity index (χ1) is 10.1. The minimum absolute atomic E-state index is 0.0788. The van der Waals surface area contributed by atoms with Gasteiger partial charge < -0.3 is 10.4 Å². The molecule has 0 spiro atoms. The first-order valence-electron chi connectivity index (χ1n) is 7.86. The molecule has 4 unspecified atom stereocenters. The van der Waals surface area contributed by atoms with E-state index >= 15 is 0 Å². The molecule has 1 aromatic rings. The standard InChI is InChI=1S/C17H20FNO2/c18-10-3-1-9(2-4-10)8-19-16-12-6-5-11(13-7-14(12)13)15(16)17(20)21/h1-4,11-16,19H,5-8H2,(H,20,21)/t11?,12?,13?,14?,15-,16+/m0/s1. The molecule has 1 aromatic carbocycles. The summed E-state index contributed by atoms with van der Waals surface area (Å²) in [5, 5.41) is 13.1. The van der Waals surface area contributed by atoms with E-state index in [9.17, 15) is 14.3 Å². The molecule has 0 saturated heterocycles. The van der Waals surface area contributed by atoms with Gasteiger partial charge in [-0.3, -0.25) is 4.79 Å². The van der Waals surface area contributed by atoms with Gasteiger partial charge in [-0.25, -0.2) is 4.39 Å². The molecule has 2 bridgehead atoms. The highest BCUT2D eigenvalue weighted by Crippen LogP contribution is 2.64. The molecule has 0 heterocycles. The number of rotatable bonds is 4. The second kappa shape index (κ2) is 4.80. The quantitative estimate of drug-likeness (QED) is 0.896. The van der Waals surface area contributed by atoms with Gasteiger partial charge in [0, 0.05) is 12.6 Å². The number of carboxylic acid groups (broad SMARTS) is 1. The van der Waals surface area contributed by atoms with Crippen molar-refractivity contribution in [3.63, 3.8) is 0 Å². The highest BCUT2D eigenvalue weighted by atomic mass is 19.1. The first-order valence-corrected chi connectivity index (χ1v) is 7.86. The van der Waals surface area contributed by atoms with E-state index in [1.165, 1.54) is 18.6 Å². The van der Waals surface area contributed by atoms with Crippen molar-refractivity contribution in [3.05, 3.63) is 35.6 Å². The van der Waals surface area contributed by atoms with Crippen molar-refractivity contribution < 1.29 is 14.3 Å². The van der Waals surface area contributed by atoms with E-state index < -0.39 is 5.97 Å². The predicted octanol–water partition coefficient (Wildman–Crippen LogP) is 2.66. The van der Waals surface area contributed by atoms with E-state index in [2.05, 4.69) is 5.32 Å². The maximum absolute atomic E-state index is 12.9. The number of halogens is 1. The zero-order valence-electron chi connectivity index (χ0n) is 11.8. The second-order valence-corrected chi connectivity index (χ2v) is 6.87. The predicted molar refractivity (Wildman–Crippen MR) is 76.0 cm³/mol. The van der Waals surface area contributed by atoms with Gasteiger partial charge >= 0.3 is 5.97 Å². The molecule has 0 aliphatic heterocycles. The Kier molecular flexibility index (Phi) is 3.03. The number of hydrogen-bond acceptors (Lipinski definition) is 2. The smallest absolute Gasteiger partial charge is 0.308 e. The van der Waals surface area contributed by atoms with Crippen LogP contribution in [0.1, 0.15) is 24.8 Å². The Morgan fingerprint density at radius 1 is 1.14 bits per heavy atom. The molecule has 3 nitrogen and oxygen atoms in total. The molecular weight excluding hydrogens is 269 g/mol. The van der Waals surface area contributed by atoms with Crippen LogP contribution in [0.25, 0.3) is 0 Å². The molecule has 5 rings (SSSR count). The summed E-state index contributed by atoms with van der Waals surface area (Å²) >= 11 is 0. The van der Waals surface area contributed by atoms with Gasteiger partial charge in [0.25, 0.3) is 0 Å². The lowest BCUT2D eigenvalue weighted by molar-refractivity contribution is -0.150. The summed E-state index contributed by atoms with van der Waals surface area (Å²) in [5.74, 6) is 1.18. The summed E-state index contributed by atoms with van der Waals surface area (Å²) in [4.78, 5) is 11.7. The van der Waals surface area contributed by atoms with Crippen LogP contribution in [-0.4, -0.2) is 17.1 Å². The van der Waals surface area contributed by atoms with E-state index in [0.29, 0.717) is 24.3 Å². The van der Waals surface area contributed by atoms with Gasteiger partial charge in [0.2, 0.25) is 0 Å². The number of carbonyl (C=O) groups is 1. The lowest BCUT2D eigenvalue weighted by atomic mass is 9.61. The van der Waals surface area contributed by atoms with Crippen LogP contribution in [0.5, 0.6) is 0 Å². The number of nitrogens with one attached hydrogen (secondary N) is 1. The van der Waals surface area contributed by atoms with Gasteiger partial charge in [0.1, 0.15) is 5.82 Å². The molecule has 2 N–H and O–H groups in total. The Hall–Kier alpha value is -1.42. The monoisotopic (exact) mass is 289 g/mol. The maximum atomic E-state index is 12.9. The Morgan fingerprint density at radius 3 is 2.52 bits per heavy atom. The molecule has 4 heteroatoms. The third-order valence-corrected chi connectivity index (χ3v) is 5.87. The van der Waals surface area contributed by atoms with Gasteiger partial charge in [-0.1, -0.05) is 12.1 Å². The molecule has 4 saturated carbocycles. The van der Waals surface area contributed by atoms with E-state index in [4.69, 9.17) is 0 Å². The topological polar surface area (TPSA) is 49.3 Å². The third-order valence-electron chi connectivity index (χ3n) is 5.87. The van der Waals surface area contributed by atoms with Crippen LogP contribution in [-0.2, 0) is 11.3 Å². The summed E-state index contributed by atoms with van der Waals surface area (Å²) in [6.45, 7) is 0.620. The molecule has 0 aromatic heterocycles. The average molecular weight is 289 g/mol. The Balaban J connectivity index is 1.50. The minimum Gasteiger partial charge on any atom is -0.481 e. The number of fused-ring (bicyclic) bond motifs is 2. The maximum Gasteiger partial charge on any atom is 0.308 e. The Bertz CT molecular complexity index is 558. The highest BCUT2D eigenvalue weighted by Gasteiger charge is 2.62. The highest BCUT2D eigenvalue weighted by molar-refractivity contribution is 5.72. The van der Waals surface area contributed by atoms with Crippen molar-refractivity contribution >= 4 is 5.97 Å². The fraction of sp³-hybridized carbons (Fsp3) is 0.588. The minimum atomic E-state index is -0.647. The van der Waals surface area contributed by atoms with Crippen LogP contribution in [0.3, 0.4) is 0 Å².